The summed E-state index contributed by atoms with van der Waals surface area (Å²) < 4.78 is 0. The van der Waals surface area contributed by atoms with Crippen LogP contribution in [0.15, 0.2) is 12.2 Å². The molecule has 0 heterocycles. The fourth-order valence-electron chi connectivity index (χ4n) is 2.38. The molecule has 0 rings (SSSR count). The molecule has 0 bridgehead atoms. The van der Waals surface area contributed by atoms with Crippen LogP contribution in [-0.4, -0.2) is 33.2 Å². The summed E-state index contributed by atoms with van der Waals surface area (Å²) >= 11 is 0. The van der Waals surface area contributed by atoms with Crippen LogP contribution in [0.4, 0.5) is 0 Å². The van der Waals surface area contributed by atoms with E-state index in [0.717, 1.165) is 51.4 Å². The lowest BCUT2D eigenvalue weighted by molar-refractivity contribution is -0.154. The van der Waals surface area contributed by atoms with E-state index in [1.165, 1.54) is 0 Å². The lowest BCUT2D eigenvalue weighted by Crippen LogP contribution is -2.23. The first kappa shape index (κ1) is 21.1. The van der Waals surface area contributed by atoms with Gasteiger partial charge in [-0.05, 0) is 19.3 Å². The summed E-state index contributed by atoms with van der Waals surface area (Å²) in [5, 5.41) is 26.1. The Hall–Kier alpha value is -1.85. The van der Waals surface area contributed by atoms with Crippen LogP contribution < -0.4 is 0 Å². The molecule has 0 aliphatic rings. The molecular weight excluding hydrogens is 300 g/mol. The number of carboxylic acids is 3. The molecule has 0 atom stereocenters. The Bertz CT molecular complexity index is 388. The molecule has 3 N–H and O–H groups in total. The van der Waals surface area contributed by atoms with Gasteiger partial charge in [-0.3, -0.25) is 9.59 Å². The summed E-state index contributed by atoms with van der Waals surface area (Å²) in [6.07, 6.45) is 9.41. The van der Waals surface area contributed by atoms with E-state index in [9.17, 15) is 14.4 Å². The van der Waals surface area contributed by atoms with Crippen molar-refractivity contribution in [1.29, 1.82) is 0 Å². The molecule has 6 nitrogen and oxygen atoms in total. The van der Waals surface area contributed by atoms with Gasteiger partial charge >= 0.3 is 17.9 Å². The highest BCUT2D eigenvalue weighted by Gasteiger charge is 2.24. The summed E-state index contributed by atoms with van der Waals surface area (Å²) in [5.41, 5.74) is 0.269. The van der Waals surface area contributed by atoms with E-state index in [-0.39, 0.29) is 12.0 Å². The molecular formula is C17H28O6. The van der Waals surface area contributed by atoms with Gasteiger partial charge in [0, 0.05) is 5.57 Å². The third kappa shape index (κ3) is 11.4. The minimum atomic E-state index is -1.28. The minimum absolute atomic E-state index is 0.193. The van der Waals surface area contributed by atoms with Gasteiger partial charge < -0.3 is 15.3 Å². The molecule has 0 aromatic rings. The van der Waals surface area contributed by atoms with Gasteiger partial charge in [-0.15, -0.1) is 0 Å². The fraction of sp³-hybridized carbons (Fsp3) is 0.706. The van der Waals surface area contributed by atoms with Crippen molar-refractivity contribution in [3.8, 4) is 0 Å². The topological polar surface area (TPSA) is 112 Å². The van der Waals surface area contributed by atoms with Crippen LogP contribution in [0.5, 0.6) is 0 Å². The number of carbonyl (C=O) groups is 3. The molecule has 0 aliphatic carbocycles. The SMILES string of the molecule is C=C(CCCCCCCCCCCC(C(=O)O)C(=O)O)C(=O)O. The van der Waals surface area contributed by atoms with E-state index in [1.54, 1.807) is 0 Å². The average Bonchev–Trinajstić information content (AvgIpc) is 2.47. The maximum Gasteiger partial charge on any atom is 0.330 e. The first-order valence-electron chi connectivity index (χ1n) is 8.23. The molecule has 0 aliphatic heterocycles. The van der Waals surface area contributed by atoms with Gasteiger partial charge in [0.25, 0.3) is 0 Å². The van der Waals surface area contributed by atoms with Crippen LogP contribution in [0.3, 0.4) is 0 Å². The Kier molecular flexibility index (Phi) is 11.7. The number of aliphatic carboxylic acids is 3. The Morgan fingerprint density at radius 1 is 0.696 bits per heavy atom. The maximum absolute atomic E-state index is 10.7. The van der Waals surface area contributed by atoms with E-state index in [4.69, 9.17) is 15.3 Å². The van der Waals surface area contributed by atoms with Crippen molar-refractivity contribution in [2.45, 2.75) is 70.6 Å². The molecule has 23 heavy (non-hydrogen) atoms. The van der Waals surface area contributed by atoms with E-state index in [2.05, 4.69) is 6.58 Å². The molecule has 132 valence electrons. The largest absolute Gasteiger partial charge is 0.481 e. The van der Waals surface area contributed by atoms with Crippen molar-refractivity contribution < 1.29 is 29.7 Å². The first-order valence-corrected chi connectivity index (χ1v) is 8.23. The Labute approximate surface area is 137 Å². The highest BCUT2D eigenvalue weighted by molar-refractivity contribution is 5.92. The zero-order valence-corrected chi connectivity index (χ0v) is 13.6. The van der Waals surface area contributed by atoms with Gasteiger partial charge in [0.2, 0.25) is 0 Å². The summed E-state index contributed by atoms with van der Waals surface area (Å²) in [5.74, 6) is -4.72. The molecule has 0 saturated carbocycles. The van der Waals surface area contributed by atoms with Crippen molar-refractivity contribution in [2.75, 3.05) is 0 Å². The molecule has 0 saturated heterocycles. The molecule has 0 radical (unpaired) electrons. The van der Waals surface area contributed by atoms with E-state index < -0.39 is 23.8 Å². The predicted molar refractivity (Wildman–Crippen MR) is 86.3 cm³/mol. The number of hydrogen-bond acceptors (Lipinski definition) is 3. The molecule has 0 fully saturated rings. The summed E-state index contributed by atoms with van der Waals surface area (Å²) in [6, 6.07) is 0. The van der Waals surface area contributed by atoms with Crippen molar-refractivity contribution in [2.24, 2.45) is 5.92 Å². The zero-order valence-electron chi connectivity index (χ0n) is 13.6. The summed E-state index contributed by atoms with van der Waals surface area (Å²) in [4.78, 5) is 31.9. The van der Waals surface area contributed by atoms with E-state index in [0.29, 0.717) is 12.8 Å². The van der Waals surface area contributed by atoms with E-state index >= 15 is 0 Å². The lowest BCUT2D eigenvalue weighted by Gasteiger charge is -2.07. The van der Waals surface area contributed by atoms with Gasteiger partial charge in [0.05, 0.1) is 0 Å². The van der Waals surface area contributed by atoms with Crippen LogP contribution in [-0.2, 0) is 14.4 Å². The fourth-order valence-corrected chi connectivity index (χ4v) is 2.38. The first-order chi connectivity index (χ1) is 10.9. The van der Waals surface area contributed by atoms with Crippen LogP contribution in [0.2, 0.25) is 0 Å². The molecule has 0 spiro atoms. The van der Waals surface area contributed by atoms with Crippen LogP contribution in [0, 0.1) is 5.92 Å². The third-order valence-electron chi connectivity index (χ3n) is 3.87. The minimum Gasteiger partial charge on any atom is -0.481 e. The van der Waals surface area contributed by atoms with Crippen LogP contribution in [0.1, 0.15) is 70.6 Å². The quantitative estimate of drug-likeness (QED) is 0.240. The zero-order chi connectivity index (χ0) is 17.7. The standard InChI is InChI=1S/C17H28O6/c1-13(15(18)19)11-9-7-5-3-2-4-6-8-10-12-14(16(20)21)17(22)23/h14H,1-12H2,(H,18,19)(H,20,21)(H,22,23). The Morgan fingerprint density at radius 3 is 1.48 bits per heavy atom. The maximum atomic E-state index is 10.7. The molecule has 6 heteroatoms. The second-order valence-corrected chi connectivity index (χ2v) is 5.86. The van der Waals surface area contributed by atoms with Crippen molar-refractivity contribution >= 4 is 17.9 Å². The van der Waals surface area contributed by atoms with Gasteiger partial charge in [0.1, 0.15) is 0 Å². The number of rotatable bonds is 15. The smallest absolute Gasteiger partial charge is 0.330 e. The molecule has 0 amide bonds. The van der Waals surface area contributed by atoms with Crippen LogP contribution >= 0.6 is 0 Å². The number of carboxylic acid groups (broad SMARTS) is 3. The molecule has 0 unspecified atom stereocenters. The van der Waals surface area contributed by atoms with Gasteiger partial charge in [-0.2, -0.15) is 0 Å². The Morgan fingerprint density at radius 2 is 1.09 bits per heavy atom. The average molecular weight is 328 g/mol. The second-order valence-electron chi connectivity index (χ2n) is 5.86. The highest BCUT2D eigenvalue weighted by atomic mass is 16.4. The number of unbranched alkanes of at least 4 members (excludes halogenated alkanes) is 8. The van der Waals surface area contributed by atoms with Crippen LogP contribution in [0.25, 0.3) is 0 Å². The van der Waals surface area contributed by atoms with Crippen molar-refractivity contribution in [1.82, 2.24) is 0 Å². The summed E-state index contributed by atoms with van der Waals surface area (Å²) in [7, 11) is 0. The lowest BCUT2D eigenvalue weighted by atomic mass is 10.00. The Balaban J connectivity index is 3.40. The highest BCUT2D eigenvalue weighted by Crippen LogP contribution is 2.15. The van der Waals surface area contributed by atoms with Gasteiger partial charge in [-0.25, -0.2) is 4.79 Å². The number of hydrogen-bond donors (Lipinski definition) is 3. The second kappa shape index (κ2) is 12.7. The molecule has 0 aromatic heterocycles. The van der Waals surface area contributed by atoms with Crippen molar-refractivity contribution in [3.05, 3.63) is 12.2 Å². The molecule has 0 aromatic carbocycles. The third-order valence-corrected chi connectivity index (χ3v) is 3.87. The van der Waals surface area contributed by atoms with Crippen molar-refractivity contribution in [3.63, 3.8) is 0 Å². The monoisotopic (exact) mass is 328 g/mol. The van der Waals surface area contributed by atoms with E-state index in [1.807, 2.05) is 0 Å². The van der Waals surface area contributed by atoms with Gasteiger partial charge in [-0.1, -0.05) is 57.9 Å². The normalized spacial score (nSPS) is 10.7. The summed E-state index contributed by atoms with van der Waals surface area (Å²) in [6.45, 7) is 3.49. The predicted octanol–water partition coefficient (Wildman–Crippen LogP) is 3.70. The van der Waals surface area contributed by atoms with Gasteiger partial charge in [0.15, 0.2) is 5.92 Å².